The van der Waals surface area contributed by atoms with E-state index < -0.39 is 10.0 Å². The van der Waals surface area contributed by atoms with Crippen molar-refractivity contribution in [1.29, 1.82) is 0 Å². The van der Waals surface area contributed by atoms with Crippen LogP contribution in [0.5, 0.6) is 0 Å². The zero-order valence-electron chi connectivity index (χ0n) is 19.8. The second-order valence-corrected chi connectivity index (χ2v) is 11.4. The molecule has 180 valence electrons. The average Bonchev–Trinajstić information content (AvgIpc) is 3.30. The Balaban J connectivity index is 1.66. The van der Waals surface area contributed by atoms with Crippen LogP contribution in [0.4, 0.5) is 0 Å². The van der Waals surface area contributed by atoms with Gasteiger partial charge in [0.2, 0.25) is 15.9 Å². The predicted octanol–water partition coefficient (Wildman–Crippen LogP) is 2.18. The quantitative estimate of drug-likeness (QED) is 0.543. The van der Waals surface area contributed by atoms with Crippen LogP contribution in [-0.4, -0.2) is 87.3 Å². The van der Waals surface area contributed by atoms with Crippen molar-refractivity contribution in [2.75, 3.05) is 58.9 Å². The monoisotopic (exact) mass is 464 g/mol. The first-order chi connectivity index (χ1) is 15.4. The van der Waals surface area contributed by atoms with E-state index in [1.807, 2.05) is 17.0 Å². The number of nitrogens with one attached hydrogen (secondary N) is 1. The molecule has 1 aromatic rings. The molecule has 32 heavy (non-hydrogen) atoms. The van der Waals surface area contributed by atoms with Crippen LogP contribution in [0.2, 0.25) is 0 Å². The number of rotatable bonds is 11. The molecule has 0 unspecified atom stereocenters. The number of likely N-dealkylation sites (tertiary alicyclic amines) is 1. The fourth-order valence-electron chi connectivity index (χ4n) is 4.54. The number of hydrogen-bond donors (Lipinski definition) is 1. The predicted molar refractivity (Wildman–Crippen MR) is 128 cm³/mol. The fourth-order valence-corrected chi connectivity index (χ4v) is 6.02. The Labute approximate surface area is 194 Å². The van der Waals surface area contributed by atoms with Gasteiger partial charge in [-0.15, -0.1) is 0 Å². The van der Waals surface area contributed by atoms with Gasteiger partial charge in [0.25, 0.3) is 0 Å². The van der Waals surface area contributed by atoms with Crippen LogP contribution in [0, 0.1) is 5.92 Å². The second kappa shape index (κ2) is 12.1. The maximum Gasteiger partial charge on any atom is 0.243 e. The number of carbonyl (C=O) groups is 1. The molecule has 0 aliphatic carbocycles. The lowest BCUT2D eigenvalue weighted by molar-refractivity contribution is -0.131. The van der Waals surface area contributed by atoms with Crippen LogP contribution in [-0.2, 0) is 21.2 Å². The first kappa shape index (κ1) is 25.1. The van der Waals surface area contributed by atoms with Gasteiger partial charge in [0.1, 0.15) is 0 Å². The highest BCUT2D eigenvalue weighted by Gasteiger charge is 2.26. The van der Waals surface area contributed by atoms with Crippen molar-refractivity contribution in [1.82, 2.24) is 19.4 Å². The summed E-state index contributed by atoms with van der Waals surface area (Å²) in [4.78, 5) is 17.2. The third kappa shape index (κ3) is 7.27. The average molecular weight is 465 g/mol. The van der Waals surface area contributed by atoms with Gasteiger partial charge in [0.05, 0.1) is 4.90 Å². The Hall–Kier alpha value is -1.48. The molecule has 7 nitrogen and oxygen atoms in total. The molecule has 1 amide bonds. The largest absolute Gasteiger partial charge is 0.340 e. The molecule has 8 heteroatoms. The second-order valence-electron chi connectivity index (χ2n) is 9.43. The molecule has 2 aliphatic rings. The number of nitrogens with zero attached hydrogens (tertiary/aromatic N) is 3. The van der Waals surface area contributed by atoms with Crippen LogP contribution in [0.25, 0.3) is 0 Å². The van der Waals surface area contributed by atoms with E-state index in [-0.39, 0.29) is 18.9 Å². The van der Waals surface area contributed by atoms with Crippen LogP contribution >= 0.6 is 0 Å². The molecular formula is C24H40N4O3S. The first-order valence-electron chi connectivity index (χ1n) is 12.2. The smallest absolute Gasteiger partial charge is 0.243 e. The minimum absolute atomic E-state index is 0.0403. The van der Waals surface area contributed by atoms with E-state index in [0.29, 0.717) is 30.4 Å². The van der Waals surface area contributed by atoms with Gasteiger partial charge in [-0.25, -0.2) is 8.42 Å². The SMILES string of the molecule is CC(C)Cc1ccc(S(=O)(=O)N(CCCN2CCCC2)CCC(=O)N2CCNCC2)cc1. The molecule has 0 saturated carbocycles. The lowest BCUT2D eigenvalue weighted by atomic mass is 10.0. The third-order valence-corrected chi connectivity index (χ3v) is 8.24. The number of piperazine rings is 1. The van der Waals surface area contributed by atoms with E-state index in [2.05, 4.69) is 24.1 Å². The molecule has 1 N–H and O–H groups in total. The van der Waals surface area contributed by atoms with Crippen LogP contribution in [0.3, 0.4) is 0 Å². The van der Waals surface area contributed by atoms with Gasteiger partial charge in [-0.3, -0.25) is 4.79 Å². The highest BCUT2D eigenvalue weighted by atomic mass is 32.2. The molecule has 2 saturated heterocycles. The Bertz CT molecular complexity index is 814. The number of benzene rings is 1. The van der Waals surface area contributed by atoms with Gasteiger partial charge in [-0.05, 0) is 68.9 Å². The van der Waals surface area contributed by atoms with E-state index in [0.717, 1.165) is 51.1 Å². The number of amides is 1. The zero-order valence-corrected chi connectivity index (χ0v) is 20.6. The van der Waals surface area contributed by atoms with Gasteiger partial charge in [0, 0.05) is 45.7 Å². The topological polar surface area (TPSA) is 73.0 Å². The number of sulfonamides is 1. The number of hydrogen-bond acceptors (Lipinski definition) is 5. The van der Waals surface area contributed by atoms with Crippen molar-refractivity contribution in [3.8, 4) is 0 Å². The molecule has 0 spiro atoms. The number of carbonyl (C=O) groups excluding carboxylic acids is 1. The summed E-state index contributed by atoms with van der Waals surface area (Å²) in [6, 6.07) is 7.28. The van der Waals surface area contributed by atoms with E-state index in [4.69, 9.17) is 0 Å². The summed E-state index contributed by atoms with van der Waals surface area (Å²) in [5, 5.41) is 3.25. The summed E-state index contributed by atoms with van der Waals surface area (Å²) in [5.41, 5.74) is 1.15. The van der Waals surface area contributed by atoms with E-state index in [1.165, 1.54) is 17.1 Å². The standard InChI is InChI=1S/C24H40N4O3S/c1-21(2)20-22-6-8-23(9-7-22)32(30,31)28(16-5-15-26-13-3-4-14-26)17-10-24(29)27-18-11-25-12-19-27/h6-9,21,25H,3-5,10-20H2,1-2H3. The molecule has 0 bridgehead atoms. The zero-order chi connectivity index (χ0) is 23.0. The lowest BCUT2D eigenvalue weighted by Gasteiger charge is -2.29. The van der Waals surface area contributed by atoms with Crippen molar-refractivity contribution in [3.05, 3.63) is 29.8 Å². The maximum atomic E-state index is 13.5. The Morgan fingerprint density at radius 1 is 1.03 bits per heavy atom. The highest BCUT2D eigenvalue weighted by molar-refractivity contribution is 7.89. The normalized spacial score (nSPS) is 18.1. The Kier molecular flexibility index (Phi) is 9.52. The highest BCUT2D eigenvalue weighted by Crippen LogP contribution is 2.19. The molecular weight excluding hydrogens is 424 g/mol. The Morgan fingerprint density at radius 2 is 1.69 bits per heavy atom. The first-order valence-corrected chi connectivity index (χ1v) is 13.6. The molecule has 0 radical (unpaired) electrons. The van der Waals surface area contributed by atoms with Crippen molar-refractivity contribution in [2.45, 2.75) is 50.8 Å². The van der Waals surface area contributed by atoms with Gasteiger partial charge < -0.3 is 15.1 Å². The van der Waals surface area contributed by atoms with Crippen molar-refractivity contribution < 1.29 is 13.2 Å². The van der Waals surface area contributed by atoms with Crippen molar-refractivity contribution in [3.63, 3.8) is 0 Å². The van der Waals surface area contributed by atoms with Crippen LogP contribution in [0.15, 0.2) is 29.2 Å². The Morgan fingerprint density at radius 3 is 2.31 bits per heavy atom. The van der Waals surface area contributed by atoms with Crippen LogP contribution in [0.1, 0.15) is 45.1 Å². The lowest BCUT2D eigenvalue weighted by Crippen LogP contribution is -2.47. The molecule has 0 aromatic heterocycles. The van der Waals surface area contributed by atoms with E-state index >= 15 is 0 Å². The third-order valence-electron chi connectivity index (χ3n) is 6.33. The van der Waals surface area contributed by atoms with E-state index in [9.17, 15) is 13.2 Å². The molecule has 3 rings (SSSR count). The summed E-state index contributed by atoms with van der Waals surface area (Å²) in [5.74, 6) is 0.564. The summed E-state index contributed by atoms with van der Waals surface area (Å²) in [6.07, 6.45) is 4.40. The van der Waals surface area contributed by atoms with E-state index in [1.54, 1.807) is 12.1 Å². The minimum atomic E-state index is -3.64. The molecule has 2 fully saturated rings. The fraction of sp³-hybridized carbons (Fsp3) is 0.708. The van der Waals surface area contributed by atoms with Crippen molar-refractivity contribution in [2.24, 2.45) is 5.92 Å². The van der Waals surface area contributed by atoms with Gasteiger partial charge in [-0.1, -0.05) is 26.0 Å². The van der Waals surface area contributed by atoms with Crippen LogP contribution < -0.4 is 5.32 Å². The summed E-state index contributed by atoms with van der Waals surface area (Å²) in [7, 11) is -3.64. The summed E-state index contributed by atoms with van der Waals surface area (Å²) in [6.45, 7) is 11.1. The molecule has 1 aromatic carbocycles. The molecule has 2 aliphatic heterocycles. The summed E-state index contributed by atoms with van der Waals surface area (Å²) < 4.78 is 28.4. The summed E-state index contributed by atoms with van der Waals surface area (Å²) >= 11 is 0. The molecule has 2 heterocycles. The van der Waals surface area contributed by atoms with Gasteiger partial charge in [-0.2, -0.15) is 4.31 Å². The van der Waals surface area contributed by atoms with Gasteiger partial charge in [0.15, 0.2) is 0 Å². The maximum absolute atomic E-state index is 13.5. The van der Waals surface area contributed by atoms with Gasteiger partial charge >= 0.3 is 0 Å². The van der Waals surface area contributed by atoms with Crippen molar-refractivity contribution >= 4 is 15.9 Å². The molecule has 0 atom stereocenters. The minimum Gasteiger partial charge on any atom is -0.340 e.